The fourth-order valence-electron chi connectivity index (χ4n) is 2.00. The molecule has 2 aliphatic heterocycles. The van der Waals surface area contributed by atoms with Gasteiger partial charge in [0.05, 0.1) is 12.2 Å². The van der Waals surface area contributed by atoms with Crippen molar-refractivity contribution in [2.24, 2.45) is 0 Å². The molecule has 2 aliphatic rings. The summed E-state index contributed by atoms with van der Waals surface area (Å²) in [5, 5.41) is 0. The maximum absolute atomic E-state index is 11.8. The zero-order valence-electron chi connectivity index (χ0n) is 8.51. The second-order valence-corrected chi connectivity index (χ2v) is 6.21. The van der Waals surface area contributed by atoms with Crippen LogP contribution >= 0.6 is 0 Å². The van der Waals surface area contributed by atoms with Gasteiger partial charge in [0.15, 0.2) is 0 Å². The fourth-order valence-corrected chi connectivity index (χ4v) is 3.17. The molecule has 0 amide bonds. The molecule has 0 aromatic rings. The first kappa shape index (κ1) is 10.4. The van der Waals surface area contributed by atoms with Crippen LogP contribution < -0.4 is 0 Å². The van der Waals surface area contributed by atoms with E-state index >= 15 is 0 Å². The van der Waals surface area contributed by atoms with E-state index in [1.165, 1.54) is 8.61 Å². The van der Waals surface area contributed by atoms with E-state index in [-0.39, 0.29) is 12.2 Å². The fraction of sp³-hybridized carbons (Fsp3) is 1.00. The second kappa shape index (κ2) is 3.44. The quantitative estimate of drug-likeness (QED) is 0.639. The zero-order chi connectivity index (χ0) is 10.3. The van der Waals surface area contributed by atoms with Gasteiger partial charge in [0, 0.05) is 27.2 Å². The van der Waals surface area contributed by atoms with Crippen LogP contribution in [0.25, 0.3) is 0 Å². The average Bonchev–Trinajstić information content (AvgIpc) is 2.45. The number of hydrogen-bond donors (Lipinski definition) is 0. The molecule has 2 fully saturated rings. The highest BCUT2D eigenvalue weighted by molar-refractivity contribution is 7.86. The van der Waals surface area contributed by atoms with Crippen molar-refractivity contribution in [3.05, 3.63) is 0 Å². The van der Waals surface area contributed by atoms with Crippen LogP contribution in [0, 0.1) is 0 Å². The van der Waals surface area contributed by atoms with E-state index in [4.69, 9.17) is 4.74 Å². The Morgan fingerprint density at radius 2 is 1.71 bits per heavy atom. The molecule has 5 nitrogen and oxygen atoms in total. The highest BCUT2D eigenvalue weighted by atomic mass is 32.2. The monoisotopic (exact) mass is 220 g/mol. The van der Waals surface area contributed by atoms with Crippen LogP contribution in [0.1, 0.15) is 12.8 Å². The molecule has 0 aromatic carbocycles. The molecule has 2 atom stereocenters. The summed E-state index contributed by atoms with van der Waals surface area (Å²) in [6.07, 6.45) is 2.21. The third-order valence-electron chi connectivity index (χ3n) is 2.80. The van der Waals surface area contributed by atoms with Crippen LogP contribution in [0.3, 0.4) is 0 Å². The molecule has 14 heavy (non-hydrogen) atoms. The summed E-state index contributed by atoms with van der Waals surface area (Å²) in [4.78, 5) is 0. The van der Waals surface area contributed by atoms with E-state index in [1.807, 2.05) is 0 Å². The summed E-state index contributed by atoms with van der Waals surface area (Å²) < 4.78 is 32.0. The lowest BCUT2D eigenvalue weighted by Crippen LogP contribution is -2.49. The average molecular weight is 220 g/mol. The van der Waals surface area contributed by atoms with Crippen molar-refractivity contribution in [3.8, 4) is 0 Å². The maximum Gasteiger partial charge on any atom is 0.281 e. The topological polar surface area (TPSA) is 49.9 Å². The molecule has 0 aliphatic carbocycles. The smallest absolute Gasteiger partial charge is 0.281 e. The Hall–Kier alpha value is -0.170. The molecule has 2 heterocycles. The lowest BCUT2D eigenvalue weighted by Gasteiger charge is -2.32. The van der Waals surface area contributed by atoms with E-state index in [2.05, 4.69) is 0 Å². The molecule has 2 bridgehead atoms. The van der Waals surface area contributed by atoms with Crippen LogP contribution in [-0.4, -0.2) is 56.4 Å². The van der Waals surface area contributed by atoms with Crippen LogP contribution in [0.5, 0.6) is 0 Å². The van der Waals surface area contributed by atoms with Crippen LogP contribution in [-0.2, 0) is 14.9 Å². The first-order chi connectivity index (χ1) is 6.50. The molecule has 6 heteroatoms. The van der Waals surface area contributed by atoms with Gasteiger partial charge in [-0.3, -0.25) is 0 Å². The van der Waals surface area contributed by atoms with Gasteiger partial charge in [-0.25, -0.2) is 0 Å². The number of hydrogen-bond acceptors (Lipinski definition) is 3. The molecule has 0 spiro atoms. The summed E-state index contributed by atoms with van der Waals surface area (Å²) in [6, 6.07) is 0. The summed E-state index contributed by atoms with van der Waals surface area (Å²) in [5.41, 5.74) is 0. The largest absolute Gasteiger partial charge is 0.372 e. The molecule has 2 saturated heterocycles. The molecule has 0 saturated carbocycles. The predicted octanol–water partition coefficient (Wildman–Crippen LogP) is -0.344. The standard InChI is InChI=1S/C8H16N2O3S/c1-9(2)14(11,12)10-5-7-3-4-8(6-10)13-7/h7-8H,3-6H2,1-2H3. The van der Waals surface area contributed by atoms with Gasteiger partial charge in [0.2, 0.25) is 0 Å². The van der Waals surface area contributed by atoms with E-state index in [1.54, 1.807) is 14.1 Å². The predicted molar refractivity (Wildman–Crippen MR) is 52.1 cm³/mol. The van der Waals surface area contributed by atoms with Gasteiger partial charge in [-0.1, -0.05) is 0 Å². The van der Waals surface area contributed by atoms with Gasteiger partial charge in [-0.15, -0.1) is 0 Å². The molecule has 0 radical (unpaired) electrons. The van der Waals surface area contributed by atoms with Crippen molar-refractivity contribution in [1.29, 1.82) is 0 Å². The molecule has 0 aromatic heterocycles. The molecular formula is C8H16N2O3S. The molecule has 0 N–H and O–H groups in total. The van der Waals surface area contributed by atoms with Crippen molar-refractivity contribution in [2.45, 2.75) is 25.0 Å². The van der Waals surface area contributed by atoms with Gasteiger partial charge in [-0.05, 0) is 12.8 Å². The maximum atomic E-state index is 11.8. The first-order valence-electron chi connectivity index (χ1n) is 4.83. The van der Waals surface area contributed by atoms with Crippen LogP contribution in [0.2, 0.25) is 0 Å². The number of nitrogens with zero attached hydrogens (tertiary/aromatic N) is 2. The minimum atomic E-state index is -3.24. The minimum Gasteiger partial charge on any atom is -0.372 e. The number of rotatable bonds is 2. The Labute approximate surface area is 84.8 Å². The number of ether oxygens (including phenoxy) is 1. The van der Waals surface area contributed by atoms with E-state index in [9.17, 15) is 8.42 Å². The van der Waals surface area contributed by atoms with E-state index in [0.717, 1.165) is 12.8 Å². The summed E-state index contributed by atoms with van der Waals surface area (Å²) in [7, 11) is -0.115. The molecule has 2 unspecified atom stereocenters. The Balaban J connectivity index is 2.13. The highest BCUT2D eigenvalue weighted by Crippen LogP contribution is 2.27. The summed E-state index contributed by atoms with van der Waals surface area (Å²) >= 11 is 0. The Morgan fingerprint density at radius 1 is 1.21 bits per heavy atom. The summed E-state index contributed by atoms with van der Waals surface area (Å²) in [5.74, 6) is 0. The Morgan fingerprint density at radius 3 is 2.14 bits per heavy atom. The number of fused-ring (bicyclic) bond motifs is 2. The van der Waals surface area contributed by atoms with E-state index < -0.39 is 10.2 Å². The first-order valence-corrected chi connectivity index (χ1v) is 6.23. The van der Waals surface area contributed by atoms with Crippen LogP contribution in [0.15, 0.2) is 0 Å². The zero-order valence-corrected chi connectivity index (χ0v) is 9.33. The van der Waals surface area contributed by atoms with Crippen molar-refractivity contribution in [3.63, 3.8) is 0 Å². The van der Waals surface area contributed by atoms with Gasteiger partial charge in [0.25, 0.3) is 10.2 Å². The highest BCUT2D eigenvalue weighted by Gasteiger charge is 2.39. The Bertz CT molecular complexity index is 303. The minimum absolute atomic E-state index is 0.114. The molecule has 82 valence electrons. The lowest BCUT2D eigenvalue weighted by molar-refractivity contribution is -0.0127. The second-order valence-electron chi connectivity index (χ2n) is 4.06. The van der Waals surface area contributed by atoms with Gasteiger partial charge in [0.1, 0.15) is 0 Å². The molecular weight excluding hydrogens is 204 g/mol. The van der Waals surface area contributed by atoms with Gasteiger partial charge < -0.3 is 4.74 Å². The number of morpholine rings is 1. The van der Waals surface area contributed by atoms with E-state index in [0.29, 0.717) is 13.1 Å². The van der Waals surface area contributed by atoms with Crippen molar-refractivity contribution in [2.75, 3.05) is 27.2 Å². The third-order valence-corrected chi connectivity index (χ3v) is 4.67. The van der Waals surface area contributed by atoms with Crippen molar-refractivity contribution >= 4 is 10.2 Å². The van der Waals surface area contributed by atoms with Gasteiger partial charge >= 0.3 is 0 Å². The van der Waals surface area contributed by atoms with Crippen molar-refractivity contribution in [1.82, 2.24) is 8.61 Å². The lowest BCUT2D eigenvalue weighted by atomic mass is 10.2. The Kier molecular flexibility index (Phi) is 2.55. The summed E-state index contributed by atoms with van der Waals surface area (Å²) in [6.45, 7) is 1.02. The SMILES string of the molecule is CN(C)S(=O)(=O)N1CC2CCC(C1)O2. The van der Waals surface area contributed by atoms with Gasteiger partial charge in [-0.2, -0.15) is 17.0 Å². The molecule has 2 rings (SSSR count). The van der Waals surface area contributed by atoms with Crippen molar-refractivity contribution < 1.29 is 13.2 Å². The third kappa shape index (κ3) is 1.67. The normalized spacial score (nSPS) is 33.9. The van der Waals surface area contributed by atoms with Crippen LogP contribution in [0.4, 0.5) is 0 Å².